The van der Waals surface area contributed by atoms with Crippen molar-refractivity contribution in [3.63, 3.8) is 0 Å². The minimum Gasteiger partial charge on any atom is -0.382 e. The summed E-state index contributed by atoms with van der Waals surface area (Å²) in [5, 5.41) is 0. The maximum atomic E-state index is 5.44. The van der Waals surface area contributed by atoms with Gasteiger partial charge in [0.15, 0.2) is 0 Å². The summed E-state index contributed by atoms with van der Waals surface area (Å²) < 4.78 is 10.2. The number of hydrogen-bond acceptors (Lipinski definition) is 5. The van der Waals surface area contributed by atoms with Gasteiger partial charge in [-0.05, 0) is 18.5 Å². The first-order valence-corrected chi connectivity index (χ1v) is 5.43. The van der Waals surface area contributed by atoms with Crippen LogP contribution in [-0.2, 0) is 22.3 Å². The summed E-state index contributed by atoms with van der Waals surface area (Å²) in [7, 11) is 1.66. The van der Waals surface area contributed by atoms with Gasteiger partial charge in [0.1, 0.15) is 5.82 Å². The van der Waals surface area contributed by atoms with Crippen LogP contribution in [0.1, 0.15) is 11.4 Å². The summed E-state index contributed by atoms with van der Waals surface area (Å²) in [6.07, 6.45) is 5.20. The molecule has 0 fully saturated rings. The molecule has 5 heteroatoms. The van der Waals surface area contributed by atoms with Gasteiger partial charge in [-0.1, -0.05) is 0 Å². The number of nitrogens with two attached hydrogens (primary N) is 1. The van der Waals surface area contributed by atoms with Crippen LogP contribution in [0.3, 0.4) is 0 Å². The van der Waals surface area contributed by atoms with E-state index in [1.807, 2.05) is 12.4 Å². The van der Waals surface area contributed by atoms with E-state index in [-0.39, 0.29) is 0 Å². The predicted octanol–water partition coefficient (Wildman–Crippen LogP) is 0.183. The second-order valence-corrected chi connectivity index (χ2v) is 3.40. The SMILES string of the molecule is COCCOCCc1ncc(CCN)cn1. The van der Waals surface area contributed by atoms with Crippen LogP contribution in [0.25, 0.3) is 0 Å². The minimum absolute atomic E-state index is 0.613. The lowest BCUT2D eigenvalue weighted by molar-refractivity contribution is 0.0716. The van der Waals surface area contributed by atoms with E-state index < -0.39 is 0 Å². The molecule has 0 unspecified atom stereocenters. The van der Waals surface area contributed by atoms with Crippen LogP contribution in [0.15, 0.2) is 12.4 Å². The van der Waals surface area contributed by atoms with E-state index >= 15 is 0 Å². The lowest BCUT2D eigenvalue weighted by Crippen LogP contribution is -2.08. The Morgan fingerprint density at radius 3 is 2.50 bits per heavy atom. The van der Waals surface area contributed by atoms with E-state index in [0.29, 0.717) is 26.4 Å². The van der Waals surface area contributed by atoms with E-state index in [9.17, 15) is 0 Å². The zero-order chi connectivity index (χ0) is 11.6. The average molecular weight is 225 g/mol. The van der Waals surface area contributed by atoms with Gasteiger partial charge in [0.2, 0.25) is 0 Å². The first-order chi connectivity index (χ1) is 7.86. The van der Waals surface area contributed by atoms with Crippen LogP contribution >= 0.6 is 0 Å². The summed E-state index contributed by atoms with van der Waals surface area (Å²) in [5.74, 6) is 0.804. The highest BCUT2D eigenvalue weighted by Gasteiger charge is 1.97. The van der Waals surface area contributed by atoms with Crippen LogP contribution < -0.4 is 5.73 Å². The number of ether oxygens (including phenoxy) is 2. The fourth-order valence-corrected chi connectivity index (χ4v) is 1.21. The Kier molecular flexibility index (Phi) is 6.64. The van der Waals surface area contributed by atoms with E-state index in [1.54, 1.807) is 7.11 Å². The van der Waals surface area contributed by atoms with Crippen molar-refractivity contribution >= 4 is 0 Å². The van der Waals surface area contributed by atoms with Gasteiger partial charge in [-0.2, -0.15) is 0 Å². The predicted molar refractivity (Wildman–Crippen MR) is 61.2 cm³/mol. The van der Waals surface area contributed by atoms with Crippen molar-refractivity contribution in [2.75, 3.05) is 33.5 Å². The summed E-state index contributed by atoms with van der Waals surface area (Å²) >= 11 is 0. The topological polar surface area (TPSA) is 70.3 Å². The third-order valence-electron chi connectivity index (χ3n) is 2.09. The zero-order valence-electron chi connectivity index (χ0n) is 9.69. The van der Waals surface area contributed by atoms with Crippen LogP contribution in [0, 0.1) is 0 Å². The van der Waals surface area contributed by atoms with Gasteiger partial charge in [-0.3, -0.25) is 0 Å². The molecule has 0 aliphatic rings. The largest absolute Gasteiger partial charge is 0.382 e. The highest BCUT2D eigenvalue weighted by atomic mass is 16.5. The Balaban J connectivity index is 2.21. The Labute approximate surface area is 96.0 Å². The molecular weight excluding hydrogens is 206 g/mol. The fourth-order valence-electron chi connectivity index (χ4n) is 1.21. The molecule has 5 nitrogen and oxygen atoms in total. The average Bonchev–Trinajstić information content (AvgIpc) is 2.31. The van der Waals surface area contributed by atoms with Crippen LogP contribution in [0.5, 0.6) is 0 Å². The highest BCUT2D eigenvalue weighted by Crippen LogP contribution is 1.97. The van der Waals surface area contributed by atoms with Gasteiger partial charge < -0.3 is 15.2 Å². The second-order valence-electron chi connectivity index (χ2n) is 3.40. The van der Waals surface area contributed by atoms with Crippen LogP contribution in [-0.4, -0.2) is 43.4 Å². The first-order valence-electron chi connectivity index (χ1n) is 5.43. The normalized spacial score (nSPS) is 10.6. The molecule has 1 rings (SSSR count). The Morgan fingerprint density at radius 1 is 1.12 bits per heavy atom. The Bertz CT molecular complexity index is 277. The molecule has 2 N–H and O–H groups in total. The molecule has 0 atom stereocenters. The molecule has 1 heterocycles. The number of rotatable bonds is 8. The maximum Gasteiger partial charge on any atom is 0.130 e. The monoisotopic (exact) mass is 225 g/mol. The summed E-state index contributed by atoms with van der Waals surface area (Å²) in [6, 6.07) is 0. The van der Waals surface area contributed by atoms with Crippen molar-refractivity contribution in [2.24, 2.45) is 5.73 Å². The molecular formula is C11H19N3O2. The molecule has 0 radical (unpaired) electrons. The van der Waals surface area contributed by atoms with Gasteiger partial charge in [-0.25, -0.2) is 9.97 Å². The molecule has 1 aromatic rings. The first kappa shape index (κ1) is 13.0. The zero-order valence-corrected chi connectivity index (χ0v) is 9.69. The van der Waals surface area contributed by atoms with Crippen molar-refractivity contribution in [3.05, 3.63) is 23.8 Å². The molecule has 1 aromatic heterocycles. The molecule has 0 aliphatic heterocycles. The number of aromatic nitrogens is 2. The number of hydrogen-bond donors (Lipinski definition) is 1. The summed E-state index contributed by atoms with van der Waals surface area (Å²) in [4.78, 5) is 8.47. The van der Waals surface area contributed by atoms with Crippen LogP contribution in [0.2, 0.25) is 0 Å². The maximum absolute atomic E-state index is 5.44. The number of methoxy groups -OCH3 is 1. The van der Waals surface area contributed by atoms with Gasteiger partial charge in [0, 0.05) is 25.9 Å². The lowest BCUT2D eigenvalue weighted by atomic mass is 10.2. The molecule has 0 spiro atoms. The molecule has 90 valence electrons. The third kappa shape index (κ3) is 5.16. The Morgan fingerprint density at radius 2 is 1.88 bits per heavy atom. The van der Waals surface area contributed by atoms with E-state index in [2.05, 4.69) is 9.97 Å². The van der Waals surface area contributed by atoms with Crippen molar-refractivity contribution in [2.45, 2.75) is 12.8 Å². The van der Waals surface area contributed by atoms with Crippen molar-refractivity contribution in [1.29, 1.82) is 0 Å². The van der Waals surface area contributed by atoms with Gasteiger partial charge >= 0.3 is 0 Å². The summed E-state index contributed by atoms with van der Waals surface area (Å²) in [6.45, 7) is 2.49. The van der Waals surface area contributed by atoms with Crippen molar-refractivity contribution in [1.82, 2.24) is 9.97 Å². The minimum atomic E-state index is 0.613. The third-order valence-corrected chi connectivity index (χ3v) is 2.09. The molecule has 0 saturated carbocycles. The quantitative estimate of drug-likeness (QED) is 0.639. The molecule has 0 amide bonds. The van der Waals surface area contributed by atoms with Gasteiger partial charge in [0.25, 0.3) is 0 Å². The number of nitrogens with zero attached hydrogens (tertiary/aromatic N) is 2. The fraction of sp³-hybridized carbons (Fsp3) is 0.636. The molecule has 0 saturated heterocycles. The van der Waals surface area contributed by atoms with Crippen LogP contribution in [0.4, 0.5) is 0 Å². The van der Waals surface area contributed by atoms with Crippen molar-refractivity contribution in [3.8, 4) is 0 Å². The molecule has 16 heavy (non-hydrogen) atoms. The second kappa shape index (κ2) is 8.15. The molecule has 0 aromatic carbocycles. The van der Waals surface area contributed by atoms with E-state index in [4.69, 9.17) is 15.2 Å². The Hall–Kier alpha value is -1.04. The summed E-state index contributed by atoms with van der Waals surface area (Å²) in [5.41, 5.74) is 6.51. The lowest BCUT2D eigenvalue weighted by Gasteiger charge is -2.03. The molecule has 0 aliphatic carbocycles. The highest BCUT2D eigenvalue weighted by molar-refractivity contribution is 5.05. The molecule has 0 bridgehead atoms. The van der Waals surface area contributed by atoms with E-state index in [0.717, 1.165) is 24.2 Å². The van der Waals surface area contributed by atoms with Gasteiger partial charge in [-0.15, -0.1) is 0 Å². The standard InChI is InChI=1S/C11H19N3O2/c1-15-6-7-16-5-3-11-13-8-10(2-4-12)9-14-11/h8-9H,2-7,12H2,1H3. The van der Waals surface area contributed by atoms with Gasteiger partial charge in [0.05, 0.1) is 19.8 Å². The van der Waals surface area contributed by atoms with Crippen molar-refractivity contribution < 1.29 is 9.47 Å². The van der Waals surface area contributed by atoms with E-state index in [1.165, 1.54) is 0 Å². The smallest absolute Gasteiger partial charge is 0.130 e.